The molecule has 5 rings (SSSR count). The van der Waals surface area contributed by atoms with Gasteiger partial charge in [-0.25, -0.2) is 4.98 Å². The Bertz CT molecular complexity index is 1270. The van der Waals surface area contributed by atoms with E-state index in [2.05, 4.69) is 10.3 Å². The number of benzene rings is 3. The fraction of sp³-hybridized carbons (Fsp3) is 0. The number of aromatic nitrogens is 1. The van der Waals surface area contributed by atoms with Crippen LogP contribution in [0.2, 0.25) is 0 Å². The lowest BCUT2D eigenvalue weighted by Gasteiger charge is -2.06. The lowest BCUT2D eigenvalue weighted by molar-refractivity contribution is 0.0998. The number of carbonyl (C=O) groups excluding carboxylic acids is 1. The van der Waals surface area contributed by atoms with E-state index in [1.807, 2.05) is 42.5 Å². The van der Waals surface area contributed by atoms with E-state index >= 15 is 0 Å². The van der Waals surface area contributed by atoms with E-state index in [1.54, 1.807) is 24.3 Å². The highest BCUT2D eigenvalue weighted by Crippen LogP contribution is 2.33. The molecule has 0 aliphatic heterocycles. The summed E-state index contributed by atoms with van der Waals surface area (Å²) in [4.78, 5) is 16.8. The normalized spacial score (nSPS) is 11.1. The zero-order valence-electron chi connectivity index (χ0n) is 14.5. The lowest BCUT2D eigenvalue weighted by atomic mass is 10.1. The van der Waals surface area contributed by atoms with Gasteiger partial charge in [0.2, 0.25) is 5.89 Å². The summed E-state index contributed by atoms with van der Waals surface area (Å²) in [5.41, 5.74) is 2.86. The number of amides is 1. The second-order valence-corrected chi connectivity index (χ2v) is 6.32. The number of phenolic OH excluding ortho intramolecular Hbond substituents is 1. The van der Waals surface area contributed by atoms with Crippen molar-refractivity contribution >= 4 is 33.7 Å². The van der Waals surface area contributed by atoms with E-state index in [4.69, 9.17) is 8.83 Å². The number of fused-ring (bicyclic) bond motifs is 2. The van der Waals surface area contributed by atoms with Gasteiger partial charge >= 0.3 is 0 Å². The number of aromatic hydroxyl groups is 1. The van der Waals surface area contributed by atoms with Crippen LogP contribution in [0.3, 0.4) is 0 Å². The molecule has 2 aromatic heterocycles. The van der Waals surface area contributed by atoms with Gasteiger partial charge in [0, 0.05) is 17.1 Å². The minimum absolute atomic E-state index is 0.0473. The summed E-state index contributed by atoms with van der Waals surface area (Å²) in [5, 5.41) is 14.0. The molecule has 0 saturated heterocycles. The second-order valence-electron chi connectivity index (χ2n) is 6.32. The molecule has 5 aromatic rings. The number of furan rings is 1. The number of phenols is 1. The number of anilines is 1. The molecular weight excluding hydrogens is 356 g/mol. The Morgan fingerprint density at radius 2 is 1.68 bits per heavy atom. The van der Waals surface area contributed by atoms with Crippen LogP contribution < -0.4 is 5.32 Å². The number of nitrogens with one attached hydrogen (secondary N) is 1. The van der Waals surface area contributed by atoms with E-state index in [0.29, 0.717) is 33.8 Å². The van der Waals surface area contributed by atoms with Crippen LogP contribution in [-0.4, -0.2) is 16.0 Å². The molecule has 0 aliphatic carbocycles. The van der Waals surface area contributed by atoms with Crippen molar-refractivity contribution < 1.29 is 18.7 Å². The zero-order valence-corrected chi connectivity index (χ0v) is 14.5. The molecule has 28 heavy (non-hydrogen) atoms. The minimum atomic E-state index is -0.398. The van der Waals surface area contributed by atoms with E-state index in [1.165, 1.54) is 6.07 Å². The summed E-state index contributed by atoms with van der Waals surface area (Å²) >= 11 is 0. The minimum Gasteiger partial charge on any atom is -0.507 e. The van der Waals surface area contributed by atoms with Gasteiger partial charge in [-0.2, -0.15) is 0 Å². The first-order valence-electron chi connectivity index (χ1n) is 8.66. The number of oxazole rings is 1. The quantitative estimate of drug-likeness (QED) is 0.456. The molecular formula is C22H14N2O4. The van der Waals surface area contributed by atoms with Crippen LogP contribution in [0.15, 0.2) is 81.6 Å². The standard InChI is InChI=1S/C22H14N2O4/c25-17-12-14(23-21(26)20-11-13-5-1-3-7-18(13)27-20)9-10-15(17)22-24-16-6-2-4-8-19(16)28-22/h1-12,25H,(H,23,26). The first kappa shape index (κ1) is 16.1. The first-order chi connectivity index (χ1) is 13.7. The third kappa shape index (κ3) is 2.77. The highest BCUT2D eigenvalue weighted by molar-refractivity contribution is 6.04. The maximum Gasteiger partial charge on any atom is 0.291 e. The van der Waals surface area contributed by atoms with Gasteiger partial charge in [0.05, 0.1) is 5.56 Å². The van der Waals surface area contributed by atoms with E-state index in [-0.39, 0.29) is 11.5 Å². The predicted octanol–water partition coefficient (Wildman–Crippen LogP) is 5.20. The lowest BCUT2D eigenvalue weighted by Crippen LogP contribution is -2.10. The Kier molecular flexibility index (Phi) is 3.62. The molecule has 0 atom stereocenters. The van der Waals surface area contributed by atoms with Gasteiger partial charge in [0.15, 0.2) is 11.3 Å². The molecule has 6 nitrogen and oxygen atoms in total. The van der Waals surface area contributed by atoms with Gasteiger partial charge in [-0.05, 0) is 36.4 Å². The maximum absolute atomic E-state index is 12.5. The summed E-state index contributed by atoms with van der Waals surface area (Å²) in [6, 6.07) is 21.2. The fourth-order valence-corrected chi connectivity index (χ4v) is 3.06. The summed E-state index contributed by atoms with van der Waals surface area (Å²) in [6.07, 6.45) is 0. The number of rotatable bonds is 3. The number of para-hydroxylation sites is 3. The predicted molar refractivity (Wildman–Crippen MR) is 105 cm³/mol. The number of carbonyl (C=O) groups is 1. The number of hydrogen-bond donors (Lipinski definition) is 2. The Hall–Kier alpha value is -4.06. The van der Waals surface area contributed by atoms with E-state index in [9.17, 15) is 9.90 Å². The fourth-order valence-electron chi connectivity index (χ4n) is 3.06. The van der Waals surface area contributed by atoms with Gasteiger partial charge in [-0.1, -0.05) is 30.3 Å². The van der Waals surface area contributed by atoms with Gasteiger partial charge in [0.25, 0.3) is 5.91 Å². The van der Waals surface area contributed by atoms with Crippen molar-refractivity contribution in [3.8, 4) is 17.2 Å². The van der Waals surface area contributed by atoms with Crippen LogP contribution in [0.4, 0.5) is 5.69 Å². The van der Waals surface area contributed by atoms with Crippen LogP contribution in [-0.2, 0) is 0 Å². The summed E-state index contributed by atoms with van der Waals surface area (Å²) < 4.78 is 11.2. The van der Waals surface area contributed by atoms with Crippen molar-refractivity contribution in [1.29, 1.82) is 0 Å². The van der Waals surface area contributed by atoms with Crippen LogP contribution >= 0.6 is 0 Å². The molecule has 0 bridgehead atoms. The Morgan fingerprint density at radius 1 is 0.893 bits per heavy atom. The van der Waals surface area contributed by atoms with Gasteiger partial charge in [-0.3, -0.25) is 4.79 Å². The molecule has 3 aromatic carbocycles. The third-order valence-corrected chi connectivity index (χ3v) is 4.43. The highest BCUT2D eigenvalue weighted by Gasteiger charge is 2.15. The molecule has 0 unspecified atom stereocenters. The average Bonchev–Trinajstić information content (AvgIpc) is 3.32. The summed E-state index contributed by atoms with van der Waals surface area (Å²) in [6.45, 7) is 0. The van der Waals surface area contributed by atoms with Crippen molar-refractivity contribution in [3.05, 3.63) is 78.6 Å². The van der Waals surface area contributed by atoms with Crippen molar-refractivity contribution in [2.24, 2.45) is 0 Å². The molecule has 2 heterocycles. The van der Waals surface area contributed by atoms with Gasteiger partial charge in [0.1, 0.15) is 16.8 Å². The first-order valence-corrected chi connectivity index (χ1v) is 8.66. The Labute approximate surface area is 159 Å². The molecule has 1 amide bonds. The number of nitrogens with zero attached hydrogens (tertiary/aromatic N) is 1. The van der Waals surface area contributed by atoms with Crippen LogP contribution in [0, 0.1) is 0 Å². The summed E-state index contributed by atoms with van der Waals surface area (Å²) in [5.74, 6) is 0.0664. The third-order valence-electron chi connectivity index (χ3n) is 4.43. The largest absolute Gasteiger partial charge is 0.507 e. The van der Waals surface area contributed by atoms with Crippen LogP contribution in [0.5, 0.6) is 5.75 Å². The SMILES string of the molecule is O=C(Nc1ccc(-c2nc3ccccc3o2)c(O)c1)c1cc2ccccc2o1. The van der Waals surface area contributed by atoms with Crippen molar-refractivity contribution in [3.63, 3.8) is 0 Å². The van der Waals surface area contributed by atoms with Gasteiger partial charge < -0.3 is 19.3 Å². The van der Waals surface area contributed by atoms with Gasteiger partial charge in [-0.15, -0.1) is 0 Å². The molecule has 0 saturated carbocycles. The maximum atomic E-state index is 12.5. The van der Waals surface area contributed by atoms with Crippen molar-refractivity contribution in [2.45, 2.75) is 0 Å². The molecule has 136 valence electrons. The van der Waals surface area contributed by atoms with Crippen molar-refractivity contribution in [2.75, 3.05) is 5.32 Å². The van der Waals surface area contributed by atoms with Crippen molar-refractivity contribution in [1.82, 2.24) is 4.98 Å². The zero-order chi connectivity index (χ0) is 19.1. The van der Waals surface area contributed by atoms with Crippen LogP contribution in [0.25, 0.3) is 33.5 Å². The molecule has 0 spiro atoms. The molecule has 0 fully saturated rings. The molecule has 0 radical (unpaired) electrons. The second kappa shape index (κ2) is 6.28. The number of hydrogen-bond acceptors (Lipinski definition) is 5. The molecule has 2 N–H and O–H groups in total. The molecule has 0 aliphatic rings. The molecule has 6 heteroatoms. The summed E-state index contributed by atoms with van der Waals surface area (Å²) in [7, 11) is 0. The highest BCUT2D eigenvalue weighted by atomic mass is 16.4. The van der Waals surface area contributed by atoms with E-state index < -0.39 is 5.91 Å². The Morgan fingerprint density at radius 3 is 2.46 bits per heavy atom. The van der Waals surface area contributed by atoms with Crippen LogP contribution in [0.1, 0.15) is 10.6 Å². The topological polar surface area (TPSA) is 88.5 Å². The monoisotopic (exact) mass is 370 g/mol. The average molecular weight is 370 g/mol. The smallest absolute Gasteiger partial charge is 0.291 e. The van der Waals surface area contributed by atoms with E-state index in [0.717, 1.165) is 5.39 Å². The Balaban J connectivity index is 1.42.